The van der Waals surface area contributed by atoms with E-state index < -0.39 is 12.8 Å². The molecule has 0 fully saturated rings. The molecule has 122 valence electrons. The molecule has 0 spiro atoms. The van der Waals surface area contributed by atoms with Gasteiger partial charge in [0.2, 0.25) is 5.91 Å². The number of anilines is 1. The number of amides is 1. The van der Waals surface area contributed by atoms with Crippen LogP contribution in [0.25, 0.3) is 0 Å². The van der Waals surface area contributed by atoms with Crippen molar-refractivity contribution in [1.29, 1.82) is 0 Å². The van der Waals surface area contributed by atoms with Crippen LogP contribution in [0.5, 0.6) is 0 Å². The number of carbonyl (C=O) groups excluding carboxylic acids is 1. The first kappa shape index (κ1) is 17.1. The van der Waals surface area contributed by atoms with Crippen LogP contribution in [0.3, 0.4) is 0 Å². The molecular formula is C15H18F3NO2S. The first-order valence-corrected chi connectivity index (χ1v) is 7.95. The maximum atomic E-state index is 12.3. The van der Waals surface area contributed by atoms with Gasteiger partial charge >= 0.3 is 6.18 Å². The zero-order valence-electron chi connectivity index (χ0n) is 12.2. The third-order valence-electron chi connectivity index (χ3n) is 3.27. The van der Waals surface area contributed by atoms with Crippen molar-refractivity contribution in [3.05, 3.63) is 24.3 Å². The summed E-state index contributed by atoms with van der Waals surface area (Å²) in [7, 11) is 0. The molecule has 1 heterocycles. The maximum absolute atomic E-state index is 12.3. The number of hydrogen-bond acceptors (Lipinski definition) is 3. The Hall–Kier alpha value is -1.21. The molecule has 1 aromatic rings. The number of thioether (sulfide) groups is 1. The number of hydrogen-bond donors (Lipinski definition) is 0. The van der Waals surface area contributed by atoms with E-state index in [-0.39, 0.29) is 18.9 Å². The number of carbonyl (C=O) groups is 1. The molecule has 7 heteroatoms. The molecule has 0 aromatic heterocycles. The summed E-state index contributed by atoms with van der Waals surface area (Å²) >= 11 is 1.71. The lowest BCUT2D eigenvalue weighted by Gasteiger charge is -2.22. The average molecular weight is 333 g/mol. The lowest BCUT2D eigenvalue weighted by molar-refractivity contribution is -0.174. The summed E-state index contributed by atoms with van der Waals surface area (Å²) in [5, 5.41) is 0.389. The fourth-order valence-corrected chi connectivity index (χ4v) is 3.34. The predicted octanol–water partition coefficient (Wildman–Crippen LogP) is 3.87. The Bertz CT molecular complexity index is 522. The van der Waals surface area contributed by atoms with Crippen LogP contribution in [0.4, 0.5) is 18.9 Å². The van der Waals surface area contributed by atoms with Crippen molar-refractivity contribution in [2.75, 3.05) is 24.7 Å². The van der Waals surface area contributed by atoms with Gasteiger partial charge in [0.1, 0.15) is 6.61 Å². The lowest BCUT2D eigenvalue weighted by atomic mass is 10.2. The molecule has 0 saturated heterocycles. The summed E-state index contributed by atoms with van der Waals surface area (Å²) < 4.78 is 40.5. The number of rotatable bonds is 4. The molecule has 1 aliphatic heterocycles. The van der Waals surface area contributed by atoms with Crippen LogP contribution in [0, 0.1) is 0 Å². The van der Waals surface area contributed by atoms with Crippen LogP contribution >= 0.6 is 11.8 Å². The van der Waals surface area contributed by atoms with Gasteiger partial charge in [-0.1, -0.05) is 19.1 Å². The zero-order chi connectivity index (χ0) is 16.2. The third-order valence-corrected chi connectivity index (χ3v) is 4.51. The minimum atomic E-state index is -4.36. The Labute approximate surface area is 131 Å². The quantitative estimate of drug-likeness (QED) is 0.783. The SMILES string of the molecule is CC1CCN(C(=O)CCOCC(F)(F)F)c2ccccc2S1. The highest BCUT2D eigenvalue weighted by molar-refractivity contribution is 8.00. The van der Waals surface area contributed by atoms with Crippen LogP contribution < -0.4 is 4.90 Å². The Morgan fingerprint density at radius 1 is 1.41 bits per heavy atom. The van der Waals surface area contributed by atoms with Gasteiger partial charge in [-0.3, -0.25) is 4.79 Å². The molecule has 3 nitrogen and oxygen atoms in total. The maximum Gasteiger partial charge on any atom is 0.411 e. The van der Waals surface area contributed by atoms with Crippen LogP contribution in [0.15, 0.2) is 29.2 Å². The van der Waals surface area contributed by atoms with E-state index in [0.29, 0.717) is 11.8 Å². The smallest absolute Gasteiger partial charge is 0.372 e. The van der Waals surface area contributed by atoms with Crippen LogP contribution in [-0.2, 0) is 9.53 Å². The van der Waals surface area contributed by atoms with Crippen molar-refractivity contribution in [3.63, 3.8) is 0 Å². The van der Waals surface area contributed by atoms with E-state index in [1.54, 1.807) is 16.7 Å². The normalized spacial score (nSPS) is 18.7. The summed E-state index contributed by atoms with van der Waals surface area (Å²) in [5.74, 6) is -0.204. The molecule has 0 aliphatic carbocycles. The molecular weight excluding hydrogens is 315 g/mol. The van der Waals surface area contributed by atoms with Crippen LogP contribution in [-0.4, -0.2) is 37.1 Å². The Morgan fingerprint density at radius 2 is 2.14 bits per heavy atom. The van der Waals surface area contributed by atoms with Crippen molar-refractivity contribution in [3.8, 4) is 0 Å². The zero-order valence-corrected chi connectivity index (χ0v) is 13.0. The molecule has 1 unspecified atom stereocenters. The Kier molecular flexibility index (Phi) is 5.74. The number of nitrogens with zero attached hydrogens (tertiary/aromatic N) is 1. The van der Waals surface area contributed by atoms with Gasteiger partial charge in [-0.2, -0.15) is 13.2 Å². The lowest BCUT2D eigenvalue weighted by Crippen LogP contribution is -2.33. The van der Waals surface area contributed by atoms with E-state index in [2.05, 4.69) is 11.7 Å². The largest absolute Gasteiger partial charge is 0.411 e. The van der Waals surface area contributed by atoms with Crippen molar-refractivity contribution >= 4 is 23.4 Å². The molecule has 0 radical (unpaired) electrons. The van der Waals surface area contributed by atoms with Crippen molar-refractivity contribution in [2.24, 2.45) is 0 Å². The highest BCUT2D eigenvalue weighted by atomic mass is 32.2. The number of fused-ring (bicyclic) bond motifs is 1. The number of alkyl halides is 3. The Morgan fingerprint density at radius 3 is 2.86 bits per heavy atom. The number of halogens is 3. The van der Waals surface area contributed by atoms with Crippen molar-refractivity contribution in [1.82, 2.24) is 0 Å². The summed E-state index contributed by atoms with van der Waals surface area (Å²) in [6, 6.07) is 7.60. The minimum absolute atomic E-state index is 0.0521. The van der Waals surface area contributed by atoms with Gasteiger partial charge in [0.15, 0.2) is 0 Å². The molecule has 0 bridgehead atoms. The van der Waals surface area contributed by atoms with Gasteiger partial charge in [-0.25, -0.2) is 0 Å². The molecule has 0 saturated carbocycles. The monoisotopic (exact) mass is 333 g/mol. The first-order chi connectivity index (χ1) is 10.4. The third kappa shape index (κ3) is 4.91. The molecule has 2 rings (SSSR count). The van der Waals surface area contributed by atoms with Crippen LogP contribution in [0.2, 0.25) is 0 Å². The number of para-hydroxylation sites is 1. The summed E-state index contributed by atoms with van der Waals surface area (Å²) in [6.45, 7) is 1.13. The molecule has 1 aromatic carbocycles. The highest BCUT2D eigenvalue weighted by Crippen LogP contribution is 2.37. The molecule has 1 atom stereocenters. The predicted molar refractivity (Wildman–Crippen MR) is 80.2 cm³/mol. The van der Waals surface area contributed by atoms with E-state index in [1.807, 2.05) is 24.3 Å². The summed E-state index contributed by atoms with van der Waals surface area (Å²) in [5.41, 5.74) is 0.831. The molecule has 22 heavy (non-hydrogen) atoms. The summed E-state index contributed by atoms with van der Waals surface area (Å²) in [4.78, 5) is 15.0. The molecule has 0 N–H and O–H groups in total. The summed E-state index contributed by atoms with van der Waals surface area (Å²) in [6.07, 6.45) is -3.57. The van der Waals surface area contributed by atoms with Gasteiger partial charge in [0.05, 0.1) is 18.7 Å². The van der Waals surface area contributed by atoms with E-state index in [9.17, 15) is 18.0 Å². The van der Waals surface area contributed by atoms with Crippen molar-refractivity contribution in [2.45, 2.75) is 36.1 Å². The molecule has 1 aliphatic rings. The van der Waals surface area contributed by atoms with Gasteiger partial charge < -0.3 is 9.64 Å². The van der Waals surface area contributed by atoms with Gasteiger partial charge in [0, 0.05) is 16.7 Å². The highest BCUT2D eigenvalue weighted by Gasteiger charge is 2.28. The minimum Gasteiger partial charge on any atom is -0.372 e. The van der Waals surface area contributed by atoms with E-state index >= 15 is 0 Å². The standard InChI is InChI=1S/C15H18F3NO2S/c1-11-6-8-19(12-4-2-3-5-13(12)22-11)14(20)7-9-21-10-15(16,17)18/h2-5,11H,6-10H2,1H3. The number of ether oxygens (including phenoxy) is 1. The van der Waals surface area contributed by atoms with Gasteiger partial charge in [-0.05, 0) is 18.6 Å². The Balaban J connectivity index is 1.97. The second-order valence-electron chi connectivity index (χ2n) is 5.15. The van der Waals surface area contributed by atoms with E-state index in [1.165, 1.54) is 0 Å². The molecule has 1 amide bonds. The average Bonchev–Trinajstić information content (AvgIpc) is 2.60. The first-order valence-electron chi connectivity index (χ1n) is 7.07. The number of benzene rings is 1. The van der Waals surface area contributed by atoms with Crippen LogP contribution in [0.1, 0.15) is 19.8 Å². The van der Waals surface area contributed by atoms with E-state index in [4.69, 9.17) is 0 Å². The second kappa shape index (κ2) is 7.37. The van der Waals surface area contributed by atoms with E-state index in [0.717, 1.165) is 17.0 Å². The fraction of sp³-hybridized carbons (Fsp3) is 0.533. The topological polar surface area (TPSA) is 29.5 Å². The van der Waals surface area contributed by atoms with Crippen molar-refractivity contribution < 1.29 is 22.7 Å². The second-order valence-corrected chi connectivity index (χ2v) is 6.63. The fourth-order valence-electron chi connectivity index (χ4n) is 2.23. The van der Waals surface area contributed by atoms with Gasteiger partial charge in [-0.15, -0.1) is 11.8 Å². The van der Waals surface area contributed by atoms with Gasteiger partial charge in [0.25, 0.3) is 0 Å².